The van der Waals surface area contributed by atoms with Gasteiger partial charge in [-0.05, 0) is 52.6 Å². The number of hydrogen-bond donors (Lipinski definition) is 1. The van der Waals surface area contributed by atoms with Crippen LogP contribution in [-0.4, -0.2) is 44.3 Å². The zero-order valence-electron chi connectivity index (χ0n) is 14.6. The third kappa shape index (κ3) is 4.62. The quantitative estimate of drug-likeness (QED) is 0.838. The highest BCUT2D eigenvalue weighted by atomic mass is 16.5. The Kier molecular flexibility index (Phi) is 5.70. The van der Waals surface area contributed by atoms with Crippen molar-refractivity contribution < 1.29 is 9.47 Å². The molecule has 22 heavy (non-hydrogen) atoms. The molecule has 0 radical (unpaired) electrons. The summed E-state index contributed by atoms with van der Waals surface area (Å²) in [4.78, 5) is 2.19. The van der Waals surface area contributed by atoms with Crippen molar-refractivity contribution in [1.82, 2.24) is 10.2 Å². The van der Waals surface area contributed by atoms with Gasteiger partial charge in [-0.2, -0.15) is 0 Å². The van der Waals surface area contributed by atoms with Gasteiger partial charge in [0.1, 0.15) is 17.1 Å². The SMILES string of the molecule is CCCOc1ccc2c(c1)C(NCCN(C)C)CC(C)(C)O2. The fraction of sp³-hybridized carbons (Fsp3) is 0.667. The largest absolute Gasteiger partial charge is 0.494 e. The van der Waals surface area contributed by atoms with Crippen LogP contribution in [0.1, 0.15) is 45.2 Å². The van der Waals surface area contributed by atoms with E-state index >= 15 is 0 Å². The first-order valence-electron chi connectivity index (χ1n) is 8.25. The molecule has 1 aromatic rings. The smallest absolute Gasteiger partial charge is 0.125 e. The molecule has 0 saturated carbocycles. The topological polar surface area (TPSA) is 33.7 Å². The summed E-state index contributed by atoms with van der Waals surface area (Å²) in [6.07, 6.45) is 1.98. The minimum Gasteiger partial charge on any atom is -0.494 e. The number of hydrogen-bond acceptors (Lipinski definition) is 4. The summed E-state index contributed by atoms with van der Waals surface area (Å²) in [6, 6.07) is 6.49. The normalized spacial score (nSPS) is 19.6. The molecule has 1 aliphatic rings. The average molecular weight is 306 g/mol. The monoisotopic (exact) mass is 306 g/mol. The molecule has 1 unspecified atom stereocenters. The molecule has 0 spiro atoms. The van der Waals surface area contributed by atoms with Crippen LogP contribution in [0, 0.1) is 0 Å². The third-order valence-electron chi connectivity index (χ3n) is 3.86. The van der Waals surface area contributed by atoms with E-state index in [1.807, 2.05) is 12.1 Å². The number of fused-ring (bicyclic) bond motifs is 1. The number of nitrogens with one attached hydrogen (secondary N) is 1. The minimum atomic E-state index is -0.144. The van der Waals surface area contributed by atoms with Gasteiger partial charge in [0.05, 0.1) is 6.61 Å². The summed E-state index contributed by atoms with van der Waals surface area (Å²) in [5, 5.41) is 3.67. The molecule has 1 N–H and O–H groups in total. The van der Waals surface area contributed by atoms with Crippen LogP contribution in [0.25, 0.3) is 0 Å². The first-order chi connectivity index (χ1) is 10.4. The van der Waals surface area contributed by atoms with Crippen LogP contribution < -0.4 is 14.8 Å². The zero-order chi connectivity index (χ0) is 16.2. The van der Waals surface area contributed by atoms with E-state index in [1.165, 1.54) is 5.56 Å². The summed E-state index contributed by atoms with van der Waals surface area (Å²) >= 11 is 0. The molecular weight excluding hydrogens is 276 g/mol. The third-order valence-corrected chi connectivity index (χ3v) is 3.86. The van der Waals surface area contributed by atoms with Gasteiger partial charge in [-0.25, -0.2) is 0 Å². The van der Waals surface area contributed by atoms with E-state index < -0.39 is 0 Å². The second-order valence-corrected chi connectivity index (χ2v) is 6.92. The summed E-state index contributed by atoms with van der Waals surface area (Å²) in [7, 11) is 4.19. The van der Waals surface area contributed by atoms with Crippen molar-refractivity contribution in [2.24, 2.45) is 0 Å². The maximum Gasteiger partial charge on any atom is 0.125 e. The highest BCUT2D eigenvalue weighted by Crippen LogP contribution is 2.41. The Hall–Kier alpha value is -1.26. The van der Waals surface area contributed by atoms with E-state index in [-0.39, 0.29) is 5.60 Å². The Morgan fingerprint density at radius 3 is 2.82 bits per heavy atom. The highest BCUT2D eigenvalue weighted by Gasteiger charge is 2.33. The molecule has 0 aliphatic carbocycles. The van der Waals surface area contributed by atoms with Crippen LogP contribution in [0.4, 0.5) is 0 Å². The van der Waals surface area contributed by atoms with Gasteiger partial charge in [0.15, 0.2) is 0 Å². The molecule has 0 fully saturated rings. The van der Waals surface area contributed by atoms with Crippen LogP contribution in [0.15, 0.2) is 18.2 Å². The van der Waals surface area contributed by atoms with Gasteiger partial charge in [-0.1, -0.05) is 6.92 Å². The molecular formula is C18H30N2O2. The van der Waals surface area contributed by atoms with Gasteiger partial charge in [-0.3, -0.25) is 0 Å². The molecule has 1 heterocycles. The highest BCUT2D eigenvalue weighted by molar-refractivity contribution is 5.44. The lowest BCUT2D eigenvalue weighted by atomic mass is 9.89. The van der Waals surface area contributed by atoms with Crippen molar-refractivity contribution in [2.75, 3.05) is 33.8 Å². The standard InChI is InChI=1S/C18H30N2O2/c1-6-11-21-14-7-8-17-15(12-14)16(13-18(2,3)22-17)19-9-10-20(4)5/h7-8,12,16,19H,6,9-11,13H2,1-5H3. The molecule has 0 saturated heterocycles. The summed E-state index contributed by atoms with van der Waals surface area (Å²) in [6.45, 7) is 9.17. The van der Waals surface area contributed by atoms with Gasteiger partial charge >= 0.3 is 0 Å². The lowest BCUT2D eigenvalue weighted by Crippen LogP contribution is -2.41. The van der Waals surface area contributed by atoms with Crippen LogP contribution in [0.3, 0.4) is 0 Å². The first kappa shape index (κ1) is 17.1. The maximum absolute atomic E-state index is 6.13. The van der Waals surface area contributed by atoms with Gasteiger partial charge < -0.3 is 19.7 Å². The fourth-order valence-corrected chi connectivity index (χ4v) is 2.79. The van der Waals surface area contributed by atoms with Crippen LogP contribution in [0.5, 0.6) is 11.5 Å². The predicted molar refractivity (Wildman–Crippen MR) is 90.8 cm³/mol. The summed E-state index contributed by atoms with van der Waals surface area (Å²) < 4.78 is 11.9. The molecule has 0 amide bonds. The van der Waals surface area contributed by atoms with E-state index in [9.17, 15) is 0 Å². The van der Waals surface area contributed by atoms with Crippen molar-refractivity contribution in [3.63, 3.8) is 0 Å². The van der Waals surface area contributed by atoms with Gasteiger partial charge in [0.25, 0.3) is 0 Å². The molecule has 1 atom stereocenters. The van der Waals surface area contributed by atoms with Crippen molar-refractivity contribution in [3.8, 4) is 11.5 Å². The second kappa shape index (κ2) is 7.34. The molecule has 0 aromatic heterocycles. The Morgan fingerprint density at radius 2 is 2.14 bits per heavy atom. The number of rotatable bonds is 7. The fourth-order valence-electron chi connectivity index (χ4n) is 2.79. The van der Waals surface area contributed by atoms with Crippen LogP contribution in [-0.2, 0) is 0 Å². The molecule has 1 aromatic carbocycles. The van der Waals surface area contributed by atoms with E-state index in [0.29, 0.717) is 6.04 Å². The zero-order valence-corrected chi connectivity index (χ0v) is 14.6. The molecule has 0 bridgehead atoms. The Balaban J connectivity index is 2.15. The summed E-state index contributed by atoms with van der Waals surface area (Å²) in [5.41, 5.74) is 1.07. The Morgan fingerprint density at radius 1 is 1.36 bits per heavy atom. The van der Waals surface area contributed by atoms with Gasteiger partial charge in [0.2, 0.25) is 0 Å². The molecule has 124 valence electrons. The van der Waals surface area contributed by atoms with Crippen LogP contribution in [0.2, 0.25) is 0 Å². The number of benzene rings is 1. The lowest BCUT2D eigenvalue weighted by molar-refractivity contribution is 0.0655. The number of likely N-dealkylation sites (N-methyl/N-ethyl adjacent to an activating group) is 1. The second-order valence-electron chi connectivity index (χ2n) is 6.92. The van der Waals surface area contributed by atoms with Gasteiger partial charge in [-0.15, -0.1) is 0 Å². The number of nitrogens with zero attached hydrogens (tertiary/aromatic N) is 1. The Bertz CT molecular complexity index is 486. The van der Waals surface area contributed by atoms with Crippen molar-refractivity contribution in [2.45, 2.75) is 45.3 Å². The van der Waals surface area contributed by atoms with Crippen molar-refractivity contribution in [1.29, 1.82) is 0 Å². The van der Waals surface area contributed by atoms with Crippen LogP contribution >= 0.6 is 0 Å². The van der Waals surface area contributed by atoms with E-state index in [1.54, 1.807) is 0 Å². The van der Waals surface area contributed by atoms with E-state index in [4.69, 9.17) is 9.47 Å². The molecule has 2 rings (SSSR count). The predicted octanol–water partition coefficient (Wildman–Crippen LogP) is 3.23. The maximum atomic E-state index is 6.13. The van der Waals surface area contributed by atoms with Crippen molar-refractivity contribution in [3.05, 3.63) is 23.8 Å². The number of ether oxygens (including phenoxy) is 2. The Labute approximate surface area is 134 Å². The van der Waals surface area contributed by atoms with E-state index in [2.05, 4.69) is 51.1 Å². The molecule has 4 nitrogen and oxygen atoms in total. The molecule has 1 aliphatic heterocycles. The van der Waals surface area contributed by atoms with E-state index in [0.717, 1.165) is 44.0 Å². The van der Waals surface area contributed by atoms with Crippen molar-refractivity contribution >= 4 is 0 Å². The summed E-state index contributed by atoms with van der Waals surface area (Å²) in [5.74, 6) is 1.91. The average Bonchev–Trinajstić information content (AvgIpc) is 2.44. The van der Waals surface area contributed by atoms with Gasteiger partial charge in [0, 0.05) is 31.1 Å². The minimum absolute atomic E-state index is 0.144. The lowest BCUT2D eigenvalue weighted by Gasteiger charge is -2.38. The first-order valence-corrected chi connectivity index (χ1v) is 8.25. The molecule has 4 heteroatoms.